The molecule has 0 bridgehead atoms. The number of nitrogens with zero attached hydrogens (tertiary/aromatic N) is 1. The summed E-state index contributed by atoms with van der Waals surface area (Å²) in [6.45, 7) is 0.637. The van der Waals surface area contributed by atoms with Crippen LogP contribution < -0.4 is 5.32 Å². The number of nitrogens with one attached hydrogen (secondary N) is 1. The Kier molecular flexibility index (Phi) is 7.47. The van der Waals surface area contributed by atoms with E-state index in [9.17, 15) is 4.79 Å². The number of hydrogen-bond donors (Lipinski definition) is 1. The molecular formula is C12H16Cl2N2OS. The lowest BCUT2D eigenvalue weighted by Crippen LogP contribution is -2.25. The standard InChI is InChI=1S/C12H16Cl2N2OS/c1-18-8-4-2-3-7-15-12(17)11-9(13)5-6-10(14)16-11/h5-6H,2-4,7-8H2,1H3,(H,15,17). The molecule has 18 heavy (non-hydrogen) atoms. The van der Waals surface area contributed by atoms with Crippen molar-refractivity contribution in [1.82, 2.24) is 10.3 Å². The second-order valence-electron chi connectivity index (χ2n) is 3.77. The van der Waals surface area contributed by atoms with E-state index in [-0.39, 0.29) is 16.8 Å². The highest BCUT2D eigenvalue weighted by molar-refractivity contribution is 7.98. The second-order valence-corrected chi connectivity index (χ2v) is 5.55. The van der Waals surface area contributed by atoms with Crippen molar-refractivity contribution in [2.75, 3.05) is 18.6 Å². The van der Waals surface area contributed by atoms with Gasteiger partial charge in [0.25, 0.3) is 5.91 Å². The van der Waals surface area contributed by atoms with Crippen LogP contribution in [0, 0.1) is 0 Å². The molecular weight excluding hydrogens is 291 g/mol. The van der Waals surface area contributed by atoms with Gasteiger partial charge < -0.3 is 5.32 Å². The van der Waals surface area contributed by atoms with Gasteiger partial charge in [-0.2, -0.15) is 11.8 Å². The fraction of sp³-hybridized carbons (Fsp3) is 0.500. The maximum atomic E-state index is 11.8. The minimum absolute atomic E-state index is 0.188. The number of unbranched alkanes of at least 4 members (excludes halogenated alkanes) is 2. The van der Waals surface area contributed by atoms with Crippen molar-refractivity contribution in [3.8, 4) is 0 Å². The minimum Gasteiger partial charge on any atom is -0.351 e. The summed E-state index contributed by atoms with van der Waals surface area (Å²) >= 11 is 13.5. The third-order valence-corrected chi connectivity index (χ3v) is 3.55. The molecule has 1 N–H and O–H groups in total. The first kappa shape index (κ1) is 15.6. The molecule has 1 aromatic heterocycles. The highest BCUT2D eigenvalue weighted by Crippen LogP contribution is 2.16. The molecule has 0 aromatic carbocycles. The zero-order chi connectivity index (χ0) is 13.4. The molecule has 0 unspecified atom stereocenters. The Bertz CT molecular complexity index is 402. The number of aromatic nitrogens is 1. The molecule has 1 rings (SSSR count). The van der Waals surface area contributed by atoms with Gasteiger partial charge in [0.15, 0.2) is 0 Å². The lowest BCUT2D eigenvalue weighted by Gasteiger charge is -2.06. The summed E-state index contributed by atoms with van der Waals surface area (Å²) < 4.78 is 0. The van der Waals surface area contributed by atoms with Gasteiger partial charge in [-0.15, -0.1) is 0 Å². The number of halogens is 2. The van der Waals surface area contributed by atoms with Gasteiger partial charge >= 0.3 is 0 Å². The maximum absolute atomic E-state index is 11.8. The van der Waals surface area contributed by atoms with Crippen LogP contribution in [0.15, 0.2) is 12.1 Å². The van der Waals surface area contributed by atoms with Gasteiger partial charge in [-0.3, -0.25) is 4.79 Å². The van der Waals surface area contributed by atoms with E-state index in [1.54, 1.807) is 12.1 Å². The molecule has 0 atom stereocenters. The van der Waals surface area contributed by atoms with Crippen molar-refractivity contribution in [3.05, 3.63) is 28.0 Å². The van der Waals surface area contributed by atoms with Crippen molar-refractivity contribution in [3.63, 3.8) is 0 Å². The van der Waals surface area contributed by atoms with Crippen molar-refractivity contribution in [2.45, 2.75) is 19.3 Å². The molecule has 0 fully saturated rings. The predicted octanol–water partition coefficient (Wildman–Crippen LogP) is 3.65. The van der Waals surface area contributed by atoms with Crippen LogP contribution in [0.5, 0.6) is 0 Å². The van der Waals surface area contributed by atoms with E-state index in [2.05, 4.69) is 16.6 Å². The Balaban J connectivity index is 2.34. The van der Waals surface area contributed by atoms with Gasteiger partial charge in [0.1, 0.15) is 10.8 Å². The molecule has 1 heterocycles. The van der Waals surface area contributed by atoms with Crippen LogP contribution in [0.2, 0.25) is 10.2 Å². The zero-order valence-electron chi connectivity index (χ0n) is 10.2. The van der Waals surface area contributed by atoms with E-state index < -0.39 is 0 Å². The first-order valence-corrected chi connectivity index (χ1v) is 7.89. The highest BCUT2D eigenvalue weighted by Gasteiger charge is 2.11. The highest BCUT2D eigenvalue weighted by atomic mass is 35.5. The first-order chi connectivity index (χ1) is 8.65. The normalized spacial score (nSPS) is 10.4. The Morgan fingerprint density at radius 3 is 2.83 bits per heavy atom. The van der Waals surface area contributed by atoms with Crippen molar-refractivity contribution in [1.29, 1.82) is 0 Å². The van der Waals surface area contributed by atoms with E-state index >= 15 is 0 Å². The van der Waals surface area contributed by atoms with Crippen LogP contribution in [-0.2, 0) is 0 Å². The first-order valence-electron chi connectivity index (χ1n) is 5.74. The topological polar surface area (TPSA) is 42.0 Å². The largest absolute Gasteiger partial charge is 0.351 e. The summed E-state index contributed by atoms with van der Waals surface area (Å²) in [5, 5.41) is 3.38. The van der Waals surface area contributed by atoms with Crippen LogP contribution in [0.1, 0.15) is 29.8 Å². The molecule has 0 radical (unpaired) electrons. The third kappa shape index (κ3) is 5.46. The molecule has 6 heteroatoms. The van der Waals surface area contributed by atoms with E-state index in [1.165, 1.54) is 6.42 Å². The van der Waals surface area contributed by atoms with Gasteiger partial charge in [0.2, 0.25) is 0 Å². The summed E-state index contributed by atoms with van der Waals surface area (Å²) in [7, 11) is 0. The lowest BCUT2D eigenvalue weighted by atomic mass is 10.2. The quantitative estimate of drug-likeness (QED) is 0.617. The molecule has 100 valence electrons. The van der Waals surface area contributed by atoms with Crippen molar-refractivity contribution in [2.24, 2.45) is 0 Å². The monoisotopic (exact) mass is 306 g/mol. The van der Waals surface area contributed by atoms with Gasteiger partial charge in [-0.1, -0.05) is 29.6 Å². The van der Waals surface area contributed by atoms with Crippen LogP contribution in [-0.4, -0.2) is 29.4 Å². The Morgan fingerprint density at radius 2 is 2.11 bits per heavy atom. The van der Waals surface area contributed by atoms with Crippen LogP contribution in [0.4, 0.5) is 0 Å². The number of pyridine rings is 1. The zero-order valence-corrected chi connectivity index (χ0v) is 12.5. The Labute approximate surface area is 122 Å². The number of carbonyl (C=O) groups is 1. The number of amides is 1. The molecule has 3 nitrogen and oxygen atoms in total. The molecule has 0 saturated carbocycles. The fourth-order valence-electron chi connectivity index (χ4n) is 1.41. The molecule has 0 saturated heterocycles. The molecule has 0 aliphatic heterocycles. The van der Waals surface area contributed by atoms with Gasteiger partial charge in [0.05, 0.1) is 5.02 Å². The summed E-state index contributed by atoms with van der Waals surface area (Å²) in [5.41, 5.74) is 0.188. The molecule has 1 aromatic rings. The van der Waals surface area contributed by atoms with Gasteiger partial charge in [0, 0.05) is 6.54 Å². The van der Waals surface area contributed by atoms with Crippen molar-refractivity contribution >= 4 is 40.9 Å². The third-order valence-electron chi connectivity index (χ3n) is 2.34. The van der Waals surface area contributed by atoms with Crippen LogP contribution in [0.25, 0.3) is 0 Å². The molecule has 0 aliphatic carbocycles. The summed E-state index contributed by atoms with van der Waals surface area (Å²) in [4.78, 5) is 15.7. The van der Waals surface area contributed by atoms with E-state index in [4.69, 9.17) is 23.2 Å². The average molecular weight is 307 g/mol. The number of rotatable bonds is 7. The smallest absolute Gasteiger partial charge is 0.271 e. The van der Waals surface area contributed by atoms with E-state index in [1.807, 2.05) is 11.8 Å². The lowest BCUT2D eigenvalue weighted by molar-refractivity contribution is 0.0948. The second kappa shape index (κ2) is 8.62. The summed E-state index contributed by atoms with van der Waals surface area (Å²) in [5.74, 6) is 0.891. The summed E-state index contributed by atoms with van der Waals surface area (Å²) in [6, 6.07) is 3.13. The maximum Gasteiger partial charge on any atom is 0.271 e. The molecule has 1 amide bonds. The predicted molar refractivity (Wildman–Crippen MR) is 78.8 cm³/mol. The van der Waals surface area contributed by atoms with E-state index in [0.717, 1.165) is 18.6 Å². The number of thioether (sulfide) groups is 1. The van der Waals surface area contributed by atoms with Gasteiger partial charge in [-0.25, -0.2) is 4.98 Å². The van der Waals surface area contributed by atoms with Crippen LogP contribution in [0.3, 0.4) is 0 Å². The SMILES string of the molecule is CSCCCCCNC(=O)c1nc(Cl)ccc1Cl. The molecule has 0 spiro atoms. The Hall–Kier alpha value is -0.450. The van der Waals surface area contributed by atoms with Crippen LogP contribution >= 0.6 is 35.0 Å². The molecule has 0 aliphatic rings. The minimum atomic E-state index is -0.271. The number of carbonyl (C=O) groups excluding carboxylic acids is 1. The van der Waals surface area contributed by atoms with Crippen molar-refractivity contribution < 1.29 is 4.79 Å². The average Bonchev–Trinajstić information content (AvgIpc) is 2.36. The van der Waals surface area contributed by atoms with E-state index in [0.29, 0.717) is 11.6 Å². The number of hydrogen-bond acceptors (Lipinski definition) is 3. The fourth-order valence-corrected chi connectivity index (χ4v) is 2.24. The van der Waals surface area contributed by atoms with Gasteiger partial charge in [-0.05, 0) is 37.0 Å². The summed E-state index contributed by atoms with van der Waals surface area (Å²) in [6.07, 6.45) is 5.34. The Morgan fingerprint density at radius 1 is 1.33 bits per heavy atom.